The van der Waals surface area contributed by atoms with Gasteiger partial charge in [0.2, 0.25) is 5.88 Å². The molecule has 1 unspecified atom stereocenters. The standard InChI is InChI=1S/C16H21N3O3/c1-16(2,3)22-15(20)19-8-4-5-13(11-19)21-14-9-12(10-17)6-7-18-14/h6-7,9,13H,4-5,8,11H2,1-3H3. The number of pyridine rings is 1. The third-order valence-corrected chi connectivity index (χ3v) is 3.18. The quantitative estimate of drug-likeness (QED) is 0.839. The molecule has 0 bridgehead atoms. The van der Waals surface area contributed by atoms with Gasteiger partial charge in [0.05, 0.1) is 18.2 Å². The van der Waals surface area contributed by atoms with Crippen molar-refractivity contribution in [3.8, 4) is 11.9 Å². The number of hydrogen-bond acceptors (Lipinski definition) is 5. The van der Waals surface area contributed by atoms with Crippen LogP contribution < -0.4 is 4.74 Å². The molecule has 1 aromatic heterocycles. The highest BCUT2D eigenvalue weighted by Crippen LogP contribution is 2.19. The number of nitriles is 1. The number of likely N-dealkylation sites (tertiary alicyclic amines) is 1. The van der Waals surface area contributed by atoms with Crippen molar-refractivity contribution < 1.29 is 14.3 Å². The minimum absolute atomic E-state index is 0.136. The predicted molar refractivity (Wildman–Crippen MR) is 80.4 cm³/mol. The number of rotatable bonds is 2. The summed E-state index contributed by atoms with van der Waals surface area (Å²) in [6.45, 7) is 6.67. The van der Waals surface area contributed by atoms with Crippen molar-refractivity contribution >= 4 is 6.09 Å². The monoisotopic (exact) mass is 303 g/mol. The molecule has 6 nitrogen and oxygen atoms in total. The Balaban J connectivity index is 1.96. The van der Waals surface area contributed by atoms with Gasteiger partial charge in [0, 0.05) is 18.8 Å². The second-order valence-electron chi connectivity index (χ2n) is 6.30. The Bertz CT molecular complexity index is 575. The van der Waals surface area contributed by atoms with Crippen LogP contribution in [0.15, 0.2) is 18.3 Å². The molecule has 0 radical (unpaired) electrons. The SMILES string of the molecule is CC(C)(C)OC(=O)N1CCCC(Oc2cc(C#N)ccn2)C1. The van der Waals surface area contributed by atoms with Crippen molar-refractivity contribution in [2.45, 2.75) is 45.3 Å². The summed E-state index contributed by atoms with van der Waals surface area (Å²) in [5.74, 6) is 0.412. The van der Waals surface area contributed by atoms with E-state index in [-0.39, 0.29) is 12.2 Å². The summed E-state index contributed by atoms with van der Waals surface area (Å²) in [6, 6.07) is 5.28. The average Bonchev–Trinajstić information content (AvgIpc) is 2.46. The van der Waals surface area contributed by atoms with Crippen LogP contribution in [0, 0.1) is 11.3 Å². The third-order valence-electron chi connectivity index (χ3n) is 3.18. The lowest BCUT2D eigenvalue weighted by Gasteiger charge is -2.33. The molecule has 0 spiro atoms. The van der Waals surface area contributed by atoms with Crippen molar-refractivity contribution in [3.63, 3.8) is 0 Å². The number of nitrogens with zero attached hydrogens (tertiary/aromatic N) is 3. The first-order chi connectivity index (χ1) is 10.4. The maximum Gasteiger partial charge on any atom is 0.410 e. The zero-order valence-electron chi connectivity index (χ0n) is 13.2. The molecular formula is C16H21N3O3. The smallest absolute Gasteiger partial charge is 0.410 e. The van der Waals surface area contributed by atoms with E-state index in [2.05, 4.69) is 11.1 Å². The van der Waals surface area contributed by atoms with E-state index in [1.54, 1.807) is 23.2 Å². The van der Waals surface area contributed by atoms with Gasteiger partial charge in [0.15, 0.2) is 0 Å². The molecular weight excluding hydrogens is 282 g/mol. The highest BCUT2D eigenvalue weighted by molar-refractivity contribution is 5.68. The lowest BCUT2D eigenvalue weighted by atomic mass is 10.1. The molecule has 1 saturated heterocycles. The molecule has 1 aliphatic heterocycles. The Morgan fingerprint density at radius 2 is 2.27 bits per heavy atom. The lowest BCUT2D eigenvalue weighted by Crippen LogP contribution is -2.46. The van der Waals surface area contributed by atoms with E-state index < -0.39 is 5.60 Å². The predicted octanol–water partition coefficient (Wildman–Crippen LogP) is 2.73. The Hall–Kier alpha value is -2.29. The van der Waals surface area contributed by atoms with Crippen LogP contribution in [0.25, 0.3) is 0 Å². The molecule has 22 heavy (non-hydrogen) atoms. The maximum atomic E-state index is 12.1. The summed E-state index contributed by atoms with van der Waals surface area (Å²) >= 11 is 0. The van der Waals surface area contributed by atoms with Gasteiger partial charge in [-0.15, -0.1) is 0 Å². The molecule has 2 heterocycles. The molecule has 2 rings (SSSR count). The average molecular weight is 303 g/mol. The van der Waals surface area contributed by atoms with Gasteiger partial charge in [0.25, 0.3) is 0 Å². The summed E-state index contributed by atoms with van der Waals surface area (Å²) < 4.78 is 11.2. The van der Waals surface area contributed by atoms with Crippen molar-refractivity contribution in [1.29, 1.82) is 5.26 Å². The van der Waals surface area contributed by atoms with Crippen LogP contribution in [0.5, 0.6) is 5.88 Å². The zero-order chi connectivity index (χ0) is 16.2. The highest BCUT2D eigenvalue weighted by atomic mass is 16.6. The van der Waals surface area contributed by atoms with Gasteiger partial charge >= 0.3 is 6.09 Å². The number of hydrogen-bond donors (Lipinski definition) is 0. The Morgan fingerprint density at radius 3 is 2.95 bits per heavy atom. The molecule has 118 valence electrons. The fourth-order valence-corrected chi connectivity index (χ4v) is 2.24. The van der Waals surface area contributed by atoms with Crippen LogP contribution in [-0.4, -0.2) is 40.8 Å². The number of amides is 1. The first kappa shape index (κ1) is 16.1. The fraction of sp³-hybridized carbons (Fsp3) is 0.562. The van der Waals surface area contributed by atoms with Crippen molar-refractivity contribution in [3.05, 3.63) is 23.9 Å². The van der Waals surface area contributed by atoms with E-state index in [9.17, 15) is 4.79 Å². The topological polar surface area (TPSA) is 75.4 Å². The molecule has 0 aromatic carbocycles. The van der Waals surface area contributed by atoms with Crippen LogP contribution >= 0.6 is 0 Å². The second-order valence-corrected chi connectivity index (χ2v) is 6.30. The molecule has 0 aliphatic carbocycles. The first-order valence-electron chi connectivity index (χ1n) is 7.38. The summed E-state index contributed by atoms with van der Waals surface area (Å²) in [5.41, 5.74) is -0.00193. The van der Waals surface area contributed by atoms with Crippen LogP contribution in [0.3, 0.4) is 0 Å². The lowest BCUT2D eigenvalue weighted by molar-refractivity contribution is 0.00722. The molecule has 0 saturated carbocycles. The molecule has 1 aliphatic rings. The maximum absolute atomic E-state index is 12.1. The Morgan fingerprint density at radius 1 is 1.50 bits per heavy atom. The Kier molecular flexibility index (Phi) is 4.86. The molecule has 1 fully saturated rings. The first-order valence-corrected chi connectivity index (χ1v) is 7.38. The van der Waals surface area contributed by atoms with Crippen LogP contribution in [0.2, 0.25) is 0 Å². The normalized spacial score (nSPS) is 18.5. The highest BCUT2D eigenvalue weighted by Gasteiger charge is 2.28. The van der Waals surface area contributed by atoms with Gasteiger partial charge < -0.3 is 14.4 Å². The largest absolute Gasteiger partial charge is 0.472 e. The van der Waals surface area contributed by atoms with Crippen molar-refractivity contribution in [2.75, 3.05) is 13.1 Å². The number of carbonyl (C=O) groups excluding carboxylic acids is 1. The second kappa shape index (κ2) is 6.65. The summed E-state index contributed by atoms with van der Waals surface area (Å²) in [5, 5.41) is 8.89. The molecule has 1 amide bonds. The number of carbonyl (C=O) groups is 1. The van der Waals surface area contributed by atoms with E-state index in [1.165, 1.54) is 0 Å². The number of ether oxygens (including phenoxy) is 2. The van der Waals surface area contributed by atoms with Crippen LogP contribution in [0.1, 0.15) is 39.2 Å². The Labute approximate surface area is 130 Å². The fourth-order valence-electron chi connectivity index (χ4n) is 2.24. The summed E-state index contributed by atoms with van der Waals surface area (Å²) in [7, 11) is 0. The van der Waals surface area contributed by atoms with Crippen LogP contribution in [-0.2, 0) is 4.74 Å². The van der Waals surface area contributed by atoms with Gasteiger partial charge in [0.1, 0.15) is 11.7 Å². The van der Waals surface area contributed by atoms with E-state index in [0.29, 0.717) is 24.5 Å². The number of aromatic nitrogens is 1. The number of piperidine rings is 1. The van der Waals surface area contributed by atoms with Crippen molar-refractivity contribution in [1.82, 2.24) is 9.88 Å². The molecule has 1 atom stereocenters. The van der Waals surface area contributed by atoms with E-state index >= 15 is 0 Å². The van der Waals surface area contributed by atoms with Gasteiger partial charge in [-0.3, -0.25) is 0 Å². The molecule has 0 N–H and O–H groups in total. The van der Waals surface area contributed by atoms with E-state index in [4.69, 9.17) is 14.7 Å². The minimum atomic E-state index is -0.506. The zero-order valence-corrected chi connectivity index (χ0v) is 13.2. The third kappa shape index (κ3) is 4.62. The summed E-state index contributed by atoms with van der Waals surface area (Å²) in [6.07, 6.45) is 2.78. The van der Waals surface area contributed by atoms with Gasteiger partial charge in [-0.2, -0.15) is 5.26 Å². The molecule has 6 heteroatoms. The minimum Gasteiger partial charge on any atom is -0.472 e. The summed E-state index contributed by atoms with van der Waals surface area (Å²) in [4.78, 5) is 17.9. The molecule has 1 aromatic rings. The van der Waals surface area contributed by atoms with E-state index in [1.807, 2.05) is 20.8 Å². The van der Waals surface area contributed by atoms with E-state index in [0.717, 1.165) is 12.8 Å². The van der Waals surface area contributed by atoms with Gasteiger partial charge in [-0.05, 0) is 39.7 Å². The van der Waals surface area contributed by atoms with Gasteiger partial charge in [-0.25, -0.2) is 9.78 Å². The van der Waals surface area contributed by atoms with Crippen molar-refractivity contribution in [2.24, 2.45) is 0 Å². The van der Waals surface area contributed by atoms with Gasteiger partial charge in [-0.1, -0.05) is 0 Å². The van der Waals surface area contributed by atoms with Crippen LogP contribution in [0.4, 0.5) is 4.79 Å².